The minimum absolute atomic E-state index is 0.116. The largest absolute Gasteiger partial charge is 0.309 e. The lowest BCUT2D eigenvalue weighted by atomic mass is 9.68. The van der Waals surface area contributed by atoms with Gasteiger partial charge in [-0.3, -0.25) is 0 Å². The summed E-state index contributed by atoms with van der Waals surface area (Å²) in [7, 11) is 0. The van der Waals surface area contributed by atoms with E-state index in [0.717, 1.165) is 33.5 Å². The van der Waals surface area contributed by atoms with E-state index in [-0.39, 0.29) is 5.41 Å². The molecule has 0 aliphatic heterocycles. The fourth-order valence-corrected chi connectivity index (χ4v) is 8.94. The first-order valence-electron chi connectivity index (χ1n) is 19.2. The van der Waals surface area contributed by atoms with E-state index in [1.165, 1.54) is 54.9 Å². The summed E-state index contributed by atoms with van der Waals surface area (Å²) in [4.78, 5) is 15.3. The second-order valence-corrected chi connectivity index (χ2v) is 15.2. The molecule has 264 valence electrons. The molecular weight excluding hydrogens is 681 g/mol. The van der Waals surface area contributed by atoms with Gasteiger partial charge in [0, 0.05) is 44.1 Å². The van der Waals surface area contributed by atoms with Gasteiger partial charge in [0.2, 0.25) is 0 Å². The van der Waals surface area contributed by atoms with Gasteiger partial charge in [-0.05, 0) is 62.9 Å². The van der Waals surface area contributed by atoms with Crippen LogP contribution in [0.1, 0.15) is 25.0 Å². The summed E-state index contributed by atoms with van der Waals surface area (Å²) in [5, 5.41) is 5.12. The van der Waals surface area contributed by atoms with Gasteiger partial charge in [0.1, 0.15) is 0 Å². The maximum Gasteiger partial charge on any atom is 0.164 e. The van der Waals surface area contributed by atoms with Crippen molar-refractivity contribution >= 4 is 32.6 Å². The number of fused-ring (bicyclic) bond motifs is 6. The highest BCUT2D eigenvalue weighted by Crippen LogP contribution is 2.53. The number of aromatic nitrogens is 4. The van der Waals surface area contributed by atoms with Crippen molar-refractivity contribution in [3.8, 4) is 62.1 Å². The Kier molecular flexibility index (Phi) is 7.17. The number of hydrogen-bond acceptors (Lipinski definition) is 3. The second kappa shape index (κ2) is 12.4. The van der Waals surface area contributed by atoms with E-state index in [2.05, 4.69) is 176 Å². The van der Waals surface area contributed by atoms with E-state index in [0.29, 0.717) is 17.5 Å². The summed E-state index contributed by atoms with van der Waals surface area (Å²) in [6.07, 6.45) is 0. The van der Waals surface area contributed by atoms with Crippen molar-refractivity contribution in [1.82, 2.24) is 19.5 Å². The molecule has 0 radical (unpaired) electrons. The summed E-state index contributed by atoms with van der Waals surface area (Å²) in [6, 6.07) is 64.7. The Hall–Kier alpha value is -7.17. The predicted molar refractivity (Wildman–Crippen MR) is 231 cm³/mol. The molecule has 4 nitrogen and oxygen atoms in total. The summed E-state index contributed by atoms with van der Waals surface area (Å²) < 4.78 is 2.42. The molecule has 0 spiro atoms. The zero-order valence-electron chi connectivity index (χ0n) is 31.1. The maximum atomic E-state index is 5.14. The molecule has 56 heavy (non-hydrogen) atoms. The first-order chi connectivity index (χ1) is 27.5. The van der Waals surface area contributed by atoms with Crippen LogP contribution in [0, 0.1) is 0 Å². The molecule has 0 N–H and O–H groups in total. The molecule has 0 atom stereocenters. The molecule has 0 unspecified atom stereocenters. The third kappa shape index (κ3) is 4.96. The molecule has 11 rings (SSSR count). The van der Waals surface area contributed by atoms with E-state index in [1.54, 1.807) is 0 Å². The van der Waals surface area contributed by atoms with E-state index >= 15 is 0 Å². The first kappa shape index (κ1) is 32.3. The SMILES string of the molecule is CC1(C)c2ccccc2-c2c3c1cccc3cc1c2c2ccccc2n1-c1cccc(-c2nc(-c3ccccc3)nc(-c3ccc(-c4ccccc4)cc3)n2)c1. The van der Waals surface area contributed by atoms with Crippen molar-refractivity contribution in [2.24, 2.45) is 0 Å². The van der Waals surface area contributed by atoms with Crippen LogP contribution in [0.5, 0.6) is 0 Å². The van der Waals surface area contributed by atoms with Gasteiger partial charge in [-0.25, -0.2) is 15.0 Å². The normalized spacial score (nSPS) is 13.0. The number of nitrogens with zero attached hydrogens (tertiary/aromatic N) is 4. The summed E-state index contributed by atoms with van der Waals surface area (Å²) in [5.74, 6) is 1.91. The fraction of sp³-hybridized carbons (Fsp3) is 0.0577. The average Bonchev–Trinajstić information content (AvgIpc) is 3.59. The van der Waals surface area contributed by atoms with Gasteiger partial charge in [0.25, 0.3) is 0 Å². The molecule has 10 aromatic rings. The first-order valence-corrected chi connectivity index (χ1v) is 19.2. The lowest BCUT2D eigenvalue weighted by Crippen LogP contribution is -2.23. The Labute approximate surface area is 325 Å². The van der Waals surface area contributed by atoms with Gasteiger partial charge in [0.05, 0.1) is 11.0 Å². The number of hydrogen-bond donors (Lipinski definition) is 0. The molecule has 1 aliphatic carbocycles. The van der Waals surface area contributed by atoms with Crippen LogP contribution in [-0.2, 0) is 5.41 Å². The molecular formula is C52H36N4. The van der Waals surface area contributed by atoms with Crippen LogP contribution in [0.3, 0.4) is 0 Å². The smallest absolute Gasteiger partial charge is 0.164 e. The van der Waals surface area contributed by atoms with Crippen molar-refractivity contribution in [2.75, 3.05) is 0 Å². The fourth-order valence-electron chi connectivity index (χ4n) is 8.94. The van der Waals surface area contributed by atoms with Gasteiger partial charge in [-0.15, -0.1) is 0 Å². The third-order valence-electron chi connectivity index (χ3n) is 11.6. The molecule has 2 aromatic heterocycles. The monoisotopic (exact) mass is 716 g/mol. The van der Waals surface area contributed by atoms with E-state index in [4.69, 9.17) is 15.0 Å². The topological polar surface area (TPSA) is 43.6 Å². The lowest BCUT2D eigenvalue weighted by Gasteiger charge is -2.35. The van der Waals surface area contributed by atoms with Crippen molar-refractivity contribution in [3.05, 3.63) is 193 Å². The van der Waals surface area contributed by atoms with Gasteiger partial charge in [-0.2, -0.15) is 0 Å². The maximum absolute atomic E-state index is 5.14. The van der Waals surface area contributed by atoms with Crippen LogP contribution in [0.15, 0.2) is 182 Å². The molecule has 0 amide bonds. The van der Waals surface area contributed by atoms with Gasteiger partial charge in [0.15, 0.2) is 17.5 Å². The molecule has 0 saturated carbocycles. The summed E-state index contributed by atoms with van der Waals surface area (Å²) in [5.41, 5.74) is 13.8. The molecule has 1 aliphatic rings. The minimum Gasteiger partial charge on any atom is -0.309 e. The Morgan fingerprint density at radius 3 is 1.73 bits per heavy atom. The lowest BCUT2D eigenvalue weighted by molar-refractivity contribution is 0.645. The third-order valence-corrected chi connectivity index (χ3v) is 11.6. The Balaban J connectivity index is 1.12. The highest BCUT2D eigenvalue weighted by Gasteiger charge is 2.35. The molecule has 0 bridgehead atoms. The zero-order valence-corrected chi connectivity index (χ0v) is 31.1. The molecule has 2 heterocycles. The van der Waals surface area contributed by atoms with Gasteiger partial charge in [-0.1, -0.05) is 172 Å². The van der Waals surface area contributed by atoms with Gasteiger partial charge >= 0.3 is 0 Å². The van der Waals surface area contributed by atoms with Crippen LogP contribution in [0.2, 0.25) is 0 Å². The van der Waals surface area contributed by atoms with Crippen LogP contribution in [-0.4, -0.2) is 19.5 Å². The van der Waals surface area contributed by atoms with E-state index in [9.17, 15) is 0 Å². The highest BCUT2D eigenvalue weighted by atomic mass is 15.0. The van der Waals surface area contributed by atoms with Crippen molar-refractivity contribution in [1.29, 1.82) is 0 Å². The van der Waals surface area contributed by atoms with Crippen LogP contribution in [0.25, 0.3) is 94.7 Å². The van der Waals surface area contributed by atoms with E-state index < -0.39 is 0 Å². The van der Waals surface area contributed by atoms with Gasteiger partial charge < -0.3 is 4.57 Å². The van der Waals surface area contributed by atoms with Crippen molar-refractivity contribution in [3.63, 3.8) is 0 Å². The van der Waals surface area contributed by atoms with Crippen LogP contribution >= 0.6 is 0 Å². The molecule has 4 heteroatoms. The van der Waals surface area contributed by atoms with Crippen molar-refractivity contribution in [2.45, 2.75) is 19.3 Å². The Morgan fingerprint density at radius 1 is 0.411 bits per heavy atom. The molecule has 0 fully saturated rings. The average molecular weight is 717 g/mol. The summed E-state index contributed by atoms with van der Waals surface area (Å²) >= 11 is 0. The predicted octanol–water partition coefficient (Wildman–Crippen LogP) is 13.1. The molecule has 8 aromatic carbocycles. The van der Waals surface area contributed by atoms with Crippen LogP contribution in [0.4, 0.5) is 0 Å². The standard InChI is InChI=1S/C52H36N4/c1-52(2)42-24-11-9-22-40(42)48-46-37(19-14-25-43(46)52)32-45-47(48)41-23-10-12-26-44(41)56(45)39-21-13-20-38(31-39)51-54-49(35-17-7-4-8-18-35)53-50(55-51)36-29-27-34(28-30-36)33-15-5-3-6-16-33/h3-32H,1-2H3. The number of benzene rings is 8. The number of rotatable bonds is 5. The highest BCUT2D eigenvalue weighted by molar-refractivity contribution is 6.24. The van der Waals surface area contributed by atoms with Crippen molar-refractivity contribution < 1.29 is 0 Å². The minimum atomic E-state index is -0.116. The zero-order chi connectivity index (χ0) is 37.4. The summed E-state index contributed by atoms with van der Waals surface area (Å²) in [6.45, 7) is 4.72. The quantitative estimate of drug-likeness (QED) is 0.178. The molecule has 0 saturated heterocycles. The Morgan fingerprint density at radius 2 is 0.964 bits per heavy atom. The number of para-hydroxylation sites is 1. The van der Waals surface area contributed by atoms with E-state index in [1.807, 2.05) is 24.3 Å². The Bertz CT molecular complexity index is 3140. The van der Waals surface area contributed by atoms with Crippen LogP contribution < -0.4 is 0 Å². The second-order valence-electron chi connectivity index (χ2n) is 15.2.